The Labute approximate surface area is 203 Å². The van der Waals surface area contributed by atoms with Gasteiger partial charge in [-0.25, -0.2) is 13.2 Å². The van der Waals surface area contributed by atoms with E-state index in [2.05, 4.69) is 16.9 Å². The average molecular weight is 482 g/mol. The van der Waals surface area contributed by atoms with E-state index in [1.807, 2.05) is 36.2 Å². The maximum Gasteiger partial charge on any atom is 0.247 e. The highest BCUT2D eigenvalue weighted by Crippen LogP contribution is 2.18. The fourth-order valence-corrected chi connectivity index (χ4v) is 4.68. The lowest BCUT2D eigenvalue weighted by molar-refractivity contribution is 0.415. The predicted octanol–water partition coefficient (Wildman–Crippen LogP) is 6.87. The normalized spacial score (nSPS) is 12.1. The number of hydrazone groups is 1. The number of anilines is 1. The summed E-state index contributed by atoms with van der Waals surface area (Å²) in [6.45, 7) is 4.04. The maximum atomic E-state index is 12.2. The van der Waals surface area contributed by atoms with Gasteiger partial charge < -0.3 is 9.64 Å². The molecule has 0 heterocycles. The van der Waals surface area contributed by atoms with Crippen LogP contribution in [0.4, 0.5) is 5.69 Å². The minimum Gasteiger partial charge on any atom is -0.497 e. The summed E-state index contributed by atoms with van der Waals surface area (Å²) in [7, 11) is 0.0695. The van der Waals surface area contributed by atoms with Crippen LogP contribution in [0.3, 0.4) is 0 Å². The number of ether oxygens (including phenoxy) is 1. The van der Waals surface area contributed by atoms with Crippen LogP contribution in [-0.4, -0.2) is 34.2 Å². The van der Waals surface area contributed by atoms with E-state index in [9.17, 15) is 8.42 Å². The first-order valence-electron chi connectivity index (χ1n) is 12.8. The number of benzene rings is 1. The Hall–Kier alpha value is -1.76. The number of unbranched alkanes of at least 4 members (excludes halogenated alkanes) is 13. The molecule has 1 N–H and O–H groups in total. The third-order valence-electron chi connectivity index (χ3n) is 6.06. The first-order valence-corrected chi connectivity index (χ1v) is 14.5. The summed E-state index contributed by atoms with van der Waals surface area (Å²) in [6.07, 6.45) is 17.5. The van der Waals surface area contributed by atoms with Gasteiger partial charge in [0.25, 0.3) is 0 Å². The van der Waals surface area contributed by atoms with Crippen molar-refractivity contribution in [1.29, 1.82) is 0 Å². The van der Waals surface area contributed by atoms with E-state index in [-0.39, 0.29) is 5.75 Å². The molecule has 0 fully saturated rings. The van der Waals surface area contributed by atoms with Crippen LogP contribution < -0.4 is 14.5 Å². The van der Waals surface area contributed by atoms with E-state index in [4.69, 9.17) is 4.74 Å². The van der Waals surface area contributed by atoms with Crippen molar-refractivity contribution >= 4 is 21.5 Å². The number of hydrogen-bond acceptors (Lipinski definition) is 4. The van der Waals surface area contributed by atoms with Crippen LogP contribution in [0.25, 0.3) is 0 Å². The third kappa shape index (κ3) is 14.2. The monoisotopic (exact) mass is 481 g/mol. The van der Waals surface area contributed by atoms with Crippen LogP contribution in [-0.2, 0) is 10.0 Å². The Bertz CT molecular complexity index is 749. The Balaban J connectivity index is 2.11. The van der Waals surface area contributed by atoms with Gasteiger partial charge in [0, 0.05) is 12.7 Å². The quantitative estimate of drug-likeness (QED) is 0.101. The number of sulfonamides is 1. The second-order valence-electron chi connectivity index (χ2n) is 8.92. The highest BCUT2D eigenvalue weighted by Gasteiger charge is 2.10. The molecular formula is C26H47N3O3S. The zero-order valence-corrected chi connectivity index (χ0v) is 22.3. The number of nitrogens with zero attached hydrogens (tertiary/aromatic N) is 2. The van der Waals surface area contributed by atoms with E-state index in [1.54, 1.807) is 14.0 Å². The van der Waals surface area contributed by atoms with Crippen molar-refractivity contribution in [1.82, 2.24) is 4.83 Å². The summed E-state index contributed by atoms with van der Waals surface area (Å²) in [6, 6.07) is 7.53. The first-order chi connectivity index (χ1) is 15.9. The van der Waals surface area contributed by atoms with Crippen molar-refractivity contribution in [3.05, 3.63) is 24.3 Å². The summed E-state index contributed by atoms with van der Waals surface area (Å²) in [5, 5.41) is 4.07. The van der Waals surface area contributed by atoms with Gasteiger partial charge in [-0.3, -0.25) is 0 Å². The van der Waals surface area contributed by atoms with Crippen molar-refractivity contribution in [3.63, 3.8) is 0 Å². The molecule has 1 aromatic carbocycles. The van der Waals surface area contributed by atoms with Gasteiger partial charge in [0.2, 0.25) is 10.0 Å². The lowest BCUT2D eigenvalue weighted by Crippen LogP contribution is -2.29. The molecule has 190 valence electrons. The van der Waals surface area contributed by atoms with Crippen LogP contribution in [0.1, 0.15) is 104 Å². The van der Waals surface area contributed by atoms with Gasteiger partial charge in [-0.1, -0.05) is 90.4 Å². The SMILES string of the molecule is CCCCCCCCCCCCCCCCS(=O)(=O)NN=C(C)N(C)c1ccc(OC)cc1. The van der Waals surface area contributed by atoms with E-state index in [0.29, 0.717) is 12.3 Å². The lowest BCUT2D eigenvalue weighted by Gasteiger charge is -2.19. The third-order valence-corrected chi connectivity index (χ3v) is 7.25. The second kappa shape index (κ2) is 17.7. The molecule has 6 nitrogen and oxygen atoms in total. The number of hydrogen-bond donors (Lipinski definition) is 1. The van der Waals surface area contributed by atoms with Crippen molar-refractivity contribution in [3.8, 4) is 5.75 Å². The molecule has 0 atom stereocenters. The maximum absolute atomic E-state index is 12.2. The molecule has 0 saturated heterocycles. The number of nitrogens with one attached hydrogen (secondary N) is 1. The lowest BCUT2D eigenvalue weighted by atomic mass is 10.0. The van der Waals surface area contributed by atoms with E-state index >= 15 is 0 Å². The zero-order chi connectivity index (χ0) is 24.4. The van der Waals surface area contributed by atoms with Crippen LogP contribution in [0.15, 0.2) is 29.4 Å². The van der Waals surface area contributed by atoms with Crippen molar-refractivity contribution in [2.45, 2.75) is 104 Å². The van der Waals surface area contributed by atoms with Gasteiger partial charge in [0.05, 0.1) is 12.9 Å². The largest absolute Gasteiger partial charge is 0.497 e. The Morgan fingerprint density at radius 1 is 0.848 bits per heavy atom. The molecule has 1 aromatic rings. The molecule has 0 aliphatic carbocycles. The summed E-state index contributed by atoms with van der Waals surface area (Å²) in [5.74, 6) is 1.47. The summed E-state index contributed by atoms with van der Waals surface area (Å²) >= 11 is 0. The topological polar surface area (TPSA) is 71.0 Å². The molecule has 0 unspecified atom stereocenters. The van der Waals surface area contributed by atoms with E-state index in [0.717, 1.165) is 24.3 Å². The molecule has 0 aliphatic rings. The van der Waals surface area contributed by atoms with Crippen LogP contribution in [0.5, 0.6) is 5.75 Å². The van der Waals surface area contributed by atoms with Gasteiger partial charge >= 0.3 is 0 Å². The van der Waals surface area contributed by atoms with Crippen molar-refractivity contribution < 1.29 is 13.2 Å². The molecular weight excluding hydrogens is 434 g/mol. The Morgan fingerprint density at radius 2 is 1.30 bits per heavy atom. The molecule has 1 rings (SSSR count). The Morgan fingerprint density at radius 3 is 1.76 bits per heavy atom. The predicted molar refractivity (Wildman–Crippen MR) is 142 cm³/mol. The second-order valence-corrected chi connectivity index (χ2v) is 10.7. The highest BCUT2D eigenvalue weighted by atomic mass is 32.2. The number of methoxy groups -OCH3 is 1. The molecule has 0 aromatic heterocycles. The molecule has 0 spiro atoms. The molecule has 0 bridgehead atoms. The van der Waals surface area contributed by atoms with Crippen molar-refractivity contribution in [2.24, 2.45) is 5.10 Å². The van der Waals surface area contributed by atoms with Gasteiger partial charge in [0.1, 0.15) is 11.6 Å². The number of amidine groups is 1. The fraction of sp³-hybridized carbons (Fsp3) is 0.731. The molecule has 0 amide bonds. The smallest absolute Gasteiger partial charge is 0.247 e. The van der Waals surface area contributed by atoms with Gasteiger partial charge in [-0.2, -0.15) is 5.10 Å². The minimum atomic E-state index is -3.40. The van der Waals surface area contributed by atoms with Crippen molar-refractivity contribution in [2.75, 3.05) is 24.8 Å². The summed E-state index contributed by atoms with van der Waals surface area (Å²) < 4.78 is 29.6. The van der Waals surface area contributed by atoms with E-state index in [1.165, 1.54) is 70.6 Å². The Kier molecular flexibility index (Phi) is 15.7. The van der Waals surface area contributed by atoms with Gasteiger partial charge in [-0.05, 0) is 37.6 Å². The molecule has 33 heavy (non-hydrogen) atoms. The molecule has 0 radical (unpaired) electrons. The van der Waals surface area contributed by atoms with Crippen LogP contribution >= 0.6 is 0 Å². The summed E-state index contributed by atoms with van der Waals surface area (Å²) in [5.41, 5.74) is 0.906. The number of rotatable bonds is 19. The highest BCUT2D eigenvalue weighted by molar-refractivity contribution is 7.89. The zero-order valence-electron chi connectivity index (χ0n) is 21.4. The van der Waals surface area contributed by atoms with E-state index < -0.39 is 10.0 Å². The van der Waals surface area contributed by atoms with Gasteiger partial charge in [-0.15, -0.1) is 0 Å². The first kappa shape index (κ1) is 29.3. The standard InChI is InChI=1S/C26H47N3O3S/c1-5-6-7-8-9-10-11-12-13-14-15-16-17-18-23-33(30,31)28-27-24(2)29(3)25-19-21-26(32-4)22-20-25/h19-22,28H,5-18,23H2,1-4H3. The molecule has 0 aliphatic heterocycles. The fourth-order valence-electron chi connectivity index (χ4n) is 3.74. The summed E-state index contributed by atoms with van der Waals surface area (Å²) in [4.78, 5) is 4.20. The minimum absolute atomic E-state index is 0.119. The van der Waals surface area contributed by atoms with Crippen LogP contribution in [0.2, 0.25) is 0 Å². The van der Waals surface area contributed by atoms with Crippen LogP contribution in [0, 0.1) is 0 Å². The molecule has 7 heteroatoms. The van der Waals surface area contributed by atoms with Gasteiger partial charge in [0.15, 0.2) is 0 Å². The molecule has 0 saturated carbocycles. The average Bonchev–Trinajstić information content (AvgIpc) is 2.82.